The number of halogens is 1. The highest BCUT2D eigenvalue weighted by Gasteiger charge is 2.28. The van der Waals surface area contributed by atoms with Gasteiger partial charge in [0.25, 0.3) is 5.91 Å². The van der Waals surface area contributed by atoms with Crippen LogP contribution in [-0.4, -0.2) is 75.3 Å². The fraction of sp³-hybridized carbons (Fsp3) is 0.462. The van der Waals surface area contributed by atoms with Gasteiger partial charge in [-0.1, -0.05) is 29.8 Å². The van der Waals surface area contributed by atoms with Crippen molar-refractivity contribution in [3.05, 3.63) is 52.2 Å². The van der Waals surface area contributed by atoms with Crippen LogP contribution in [0.2, 0.25) is 5.02 Å². The molecule has 1 aromatic rings. The van der Waals surface area contributed by atoms with E-state index in [2.05, 4.69) is 5.48 Å². The lowest BCUT2D eigenvalue weighted by molar-refractivity contribution is -0.139. The van der Waals surface area contributed by atoms with Crippen LogP contribution in [0.15, 0.2) is 36.1 Å². The van der Waals surface area contributed by atoms with E-state index in [0.29, 0.717) is 32.4 Å². The number of esters is 1. The quantitative estimate of drug-likeness (QED) is 0.105. The molecule has 0 spiro atoms. The van der Waals surface area contributed by atoms with Gasteiger partial charge in [-0.15, -0.1) is 0 Å². The van der Waals surface area contributed by atoms with E-state index in [9.17, 15) is 38.3 Å². The summed E-state index contributed by atoms with van der Waals surface area (Å²) in [6, 6.07) is 0.987. The van der Waals surface area contributed by atoms with Gasteiger partial charge in [-0.05, 0) is 50.7 Å². The largest absolute Gasteiger partial charge is 0.480 e. The van der Waals surface area contributed by atoms with Crippen LogP contribution in [0.25, 0.3) is 6.08 Å². The van der Waals surface area contributed by atoms with Crippen molar-refractivity contribution in [2.45, 2.75) is 38.5 Å². The first-order valence-electron chi connectivity index (χ1n) is 13.4. The smallest absolute Gasteiger partial charge is 0.362 e. The summed E-state index contributed by atoms with van der Waals surface area (Å²) < 4.78 is 39.0. The number of allylic oxidation sites excluding steroid dienone is 3. The molecule has 238 valence electrons. The summed E-state index contributed by atoms with van der Waals surface area (Å²) in [6.45, 7) is 0.947. The van der Waals surface area contributed by atoms with Crippen LogP contribution in [0.5, 0.6) is 11.5 Å². The van der Waals surface area contributed by atoms with Gasteiger partial charge in [-0.2, -0.15) is 0 Å². The van der Waals surface area contributed by atoms with Gasteiger partial charge in [0.05, 0.1) is 17.3 Å². The molecule has 0 bridgehead atoms. The number of hydrogen-bond donors (Lipinski definition) is 5. The number of benzene rings is 1. The molecule has 1 fully saturated rings. The zero-order chi connectivity index (χ0) is 31.5. The van der Waals surface area contributed by atoms with Crippen LogP contribution < -0.4 is 15.0 Å². The molecule has 1 aromatic carbocycles. The molecule has 0 unspecified atom stereocenters. The normalized spacial score (nSPS) is 18.9. The monoisotopic (exact) mass is 664 g/mol. The van der Waals surface area contributed by atoms with Crippen molar-refractivity contribution in [2.24, 2.45) is 0 Å². The van der Waals surface area contributed by atoms with E-state index in [0.717, 1.165) is 25.3 Å². The number of carbonyl (C=O) groups excluding carboxylic acids is 2. The highest BCUT2D eigenvalue weighted by molar-refractivity contribution is 7.51. The zero-order valence-electron chi connectivity index (χ0n) is 23.2. The Bertz CT molecular complexity index is 1330. The van der Waals surface area contributed by atoms with Crippen molar-refractivity contribution >= 4 is 44.7 Å². The maximum Gasteiger partial charge on any atom is 0.362 e. The van der Waals surface area contributed by atoms with Crippen LogP contribution in [0.3, 0.4) is 0 Å². The summed E-state index contributed by atoms with van der Waals surface area (Å²) in [4.78, 5) is 70.5. The third-order valence-electron chi connectivity index (χ3n) is 6.09. The van der Waals surface area contributed by atoms with Gasteiger partial charge in [0.1, 0.15) is 17.1 Å². The van der Waals surface area contributed by atoms with Gasteiger partial charge in [-0.3, -0.25) is 24.2 Å². The Morgan fingerprint density at radius 2 is 1.58 bits per heavy atom. The molecule has 3 rings (SSSR count). The lowest BCUT2D eigenvalue weighted by Crippen LogP contribution is -2.39. The van der Waals surface area contributed by atoms with Gasteiger partial charge in [-0.25, -0.2) is 4.79 Å². The Hall–Kier alpha value is -2.67. The van der Waals surface area contributed by atoms with Crippen LogP contribution >= 0.6 is 26.8 Å². The number of hydrogen-bond acceptors (Lipinski definition) is 9. The second-order valence-corrected chi connectivity index (χ2v) is 13.2. The Kier molecular flexibility index (Phi) is 13.3. The molecule has 0 atom stereocenters. The number of nitrogens with zero attached hydrogens (tertiary/aromatic N) is 1. The zero-order valence-corrected chi connectivity index (χ0v) is 25.8. The highest BCUT2D eigenvalue weighted by Crippen LogP contribution is 2.44. The number of nitrogens with one attached hydrogen (secondary N) is 1. The summed E-state index contributed by atoms with van der Waals surface area (Å²) in [7, 11) is -9.42. The molecule has 2 aliphatic heterocycles. The average Bonchev–Trinajstić information content (AvgIpc) is 2.94. The van der Waals surface area contributed by atoms with Crippen molar-refractivity contribution in [3.63, 3.8) is 0 Å². The second kappa shape index (κ2) is 16.4. The van der Waals surface area contributed by atoms with Gasteiger partial charge in [0, 0.05) is 24.7 Å². The minimum absolute atomic E-state index is 0.0346. The minimum atomic E-state index is -4.74. The number of likely N-dealkylation sites (tertiary alicyclic amines) is 1. The Morgan fingerprint density at radius 3 is 2.26 bits per heavy atom. The number of cyclic esters (lactones) is 1. The molecule has 0 aromatic heterocycles. The SMILES string of the molecule is O=C1OCCC=CCC/C=C/C(NOCC(=O)N2CCCCC2)=C/c2c(Cl)c(OCP(=O)(O)O)cc(OCP(=O)(O)O)c21. The predicted molar refractivity (Wildman–Crippen MR) is 156 cm³/mol. The van der Waals surface area contributed by atoms with E-state index in [4.69, 9.17) is 30.6 Å². The molecule has 1 saturated heterocycles. The molecule has 1 amide bonds. The molecule has 5 N–H and O–H groups in total. The molecular weight excluding hydrogens is 630 g/mol. The third kappa shape index (κ3) is 12.1. The molecule has 2 aliphatic rings. The number of piperidine rings is 1. The maximum absolute atomic E-state index is 13.3. The summed E-state index contributed by atoms with van der Waals surface area (Å²) in [5, 5.41) is -0.284. The fourth-order valence-electron chi connectivity index (χ4n) is 4.12. The highest BCUT2D eigenvalue weighted by atomic mass is 35.5. The van der Waals surface area contributed by atoms with E-state index in [1.165, 1.54) is 6.08 Å². The van der Waals surface area contributed by atoms with E-state index < -0.39 is 39.6 Å². The lowest BCUT2D eigenvalue weighted by Gasteiger charge is -2.26. The molecule has 0 saturated carbocycles. The molecule has 17 heteroatoms. The van der Waals surface area contributed by atoms with E-state index >= 15 is 0 Å². The molecule has 0 aliphatic carbocycles. The Labute approximate surface area is 253 Å². The standard InChI is InChI=1S/C26H35ClN2O12P2/c27-25-20-14-19(28-41-16-23(30)29-11-7-5-8-12-29)10-6-3-1-2-4-9-13-38-26(31)24(20)21(39-17-42(32,33)34)15-22(25)40-18-43(35,36)37/h2,4,6,10,14-15,28H,1,3,5,7-9,11-13,16-18H2,(H2,32,33,34)(H2,35,36,37)/b4-2?,10-6+,19-14-. The predicted octanol–water partition coefficient (Wildman–Crippen LogP) is 3.70. The Balaban J connectivity index is 2.07. The molecular formula is C26H35ClN2O12P2. The summed E-state index contributed by atoms with van der Waals surface area (Å²) in [5.41, 5.74) is 2.42. The first-order valence-corrected chi connectivity index (χ1v) is 17.4. The van der Waals surface area contributed by atoms with Crippen molar-refractivity contribution in [1.29, 1.82) is 0 Å². The van der Waals surface area contributed by atoms with Crippen LogP contribution in [0.1, 0.15) is 54.4 Å². The van der Waals surface area contributed by atoms with E-state index in [-0.39, 0.29) is 46.7 Å². The van der Waals surface area contributed by atoms with Crippen molar-refractivity contribution in [1.82, 2.24) is 10.4 Å². The maximum atomic E-state index is 13.3. The van der Waals surface area contributed by atoms with Crippen molar-refractivity contribution in [2.75, 3.05) is 39.0 Å². The van der Waals surface area contributed by atoms with E-state index in [1.54, 1.807) is 17.1 Å². The third-order valence-corrected chi connectivity index (χ3v) is 7.41. The van der Waals surface area contributed by atoms with Gasteiger partial charge < -0.3 is 38.7 Å². The number of carbonyl (C=O) groups is 2. The number of amides is 1. The molecule has 43 heavy (non-hydrogen) atoms. The number of rotatable bonds is 10. The first kappa shape index (κ1) is 34.8. The molecule has 0 radical (unpaired) electrons. The van der Waals surface area contributed by atoms with Gasteiger partial charge in [0.2, 0.25) is 0 Å². The molecule has 14 nitrogen and oxygen atoms in total. The molecule has 2 heterocycles. The number of fused-ring (bicyclic) bond motifs is 1. The Morgan fingerprint density at radius 1 is 0.953 bits per heavy atom. The number of ether oxygens (including phenoxy) is 3. The summed E-state index contributed by atoms with van der Waals surface area (Å²) >= 11 is 6.58. The average molecular weight is 665 g/mol. The van der Waals surface area contributed by atoms with Crippen LogP contribution in [0, 0.1) is 0 Å². The fourth-order valence-corrected chi connectivity index (χ4v) is 4.99. The van der Waals surface area contributed by atoms with E-state index in [1.807, 2.05) is 12.2 Å². The minimum Gasteiger partial charge on any atom is -0.480 e. The van der Waals surface area contributed by atoms with Crippen LogP contribution in [-0.2, 0) is 23.5 Å². The van der Waals surface area contributed by atoms with Crippen LogP contribution in [0.4, 0.5) is 0 Å². The second-order valence-electron chi connectivity index (χ2n) is 9.66. The van der Waals surface area contributed by atoms with Gasteiger partial charge >= 0.3 is 21.2 Å². The summed E-state index contributed by atoms with van der Waals surface area (Å²) in [5.74, 6) is -1.93. The van der Waals surface area contributed by atoms with Crippen molar-refractivity contribution in [3.8, 4) is 11.5 Å². The lowest BCUT2D eigenvalue weighted by atomic mass is 10.0. The first-order chi connectivity index (χ1) is 20.3. The van der Waals surface area contributed by atoms with Gasteiger partial charge in [0.15, 0.2) is 19.3 Å². The summed E-state index contributed by atoms with van der Waals surface area (Å²) in [6.07, 6.45) is 10.8. The number of hydroxylamine groups is 1. The topological polar surface area (TPSA) is 201 Å². The van der Waals surface area contributed by atoms with Crippen molar-refractivity contribution < 1.29 is 57.3 Å².